The topological polar surface area (TPSA) is 72.2 Å². The number of carbonyl (C=O) groups is 1. The molecule has 1 N–H and O–H groups in total. The number of nitrogens with one attached hydrogen (secondary N) is 1. The first-order chi connectivity index (χ1) is 9.69. The molecule has 0 aliphatic rings. The van der Waals surface area contributed by atoms with Gasteiger partial charge in [-0.1, -0.05) is 36.5 Å². The van der Waals surface area contributed by atoms with Crippen molar-refractivity contribution in [2.45, 2.75) is 20.3 Å². The molecule has 0 bridgehead atoms. The molecule has 0 unspecified atom stereocenters. The van der Waals surface area contributed by atoms with E-state index in [2.05, 4.69) is 27.5 Å². The van der Waals surface area contributed by atoms with Crippen molar-refractivity contribution in [1.82, 2.24) is 19.8 Å². The van der Waals surface area contributed by atoms with E-state index in [1.807, 2.05) is 25.1 Å². The number of hydrogen-bond acceptors (Lipinski definition) is 5. The van der Waals surface area contributed by atoms with Gasteiger partial charge in [0.25, 0.3) is 5.91 Å². The van der Waals surface area contributed by atoms with Crippen molar-refractivity contribution in [3.8, 4) is 0 Å². The minimum absolute atomic E-state index is 0.218. The predicted molar refractivity (Wildman–Crippen MR) is 77.2 cm³/mol. The van der Waals surface area contributed by atoms with Crippen molar-refractivity contribution < 1.29 is 4.79 Å². The smallest absolute Gasteiger partial charge is 0.286 e. The molecule has 0 spiro atoms. The maximum atomic E-state index is 12.3. The van der Waals surface area contributed by atoms with Gasteiger partial charge in [0.2, 0.25) is 9.97 Å². The van der Waals surface area contributed by atoms with Crippen LogP contribution >= 0.6 is 11.3 Å². The van der Waals surface area contributed by atoms with Crippen molar-refractivity contribution in [3.05, 3.63) is 40.7 Å². The number of hydrogen-bond donors (Lipinski definition) is 1. The number of nitrogens with zero attached hydrogens (tertiary/aromatic N) is 4. The van der Waals surface area contributed by atoms with E-state index >= 15 is 0 Å². The van der Waals surface area contributed by atoms with Crippen molar-refractivity contribution in [1.29, 1.82) is 0 Å². The van der Waals surface area contributed by atoms with E-state index in [-0.39, 0.29) is 5.91 Å². The molecule has 20 heavy (non-hydrogen) atoms. The summed E-state index contributed by atoms with van der Waals surface area (Å²) in [5.74, 6) is -0.218. The fraction of sp³-hybridized carbons (Fsp3) is 0.231. The van der Waals surface area contributed by atoms with Gasteiger partial charge >= 0.3 is 0 Å². The zero-order chi connectivity index (χ0) is 14.1. The van der Waals surface area contributed by atoms with Gasteiger partial charge in [-0.15, -0.1) is 15.3 Å². The highest BCUT2D eigenvalue weighted by molar-refractivity contribution is 7.18. The highest BCUT2D eigenvalue weighted by Gasteiger charge is 2.15. The quantitative estimate of drug-likeness (QED) is 0.802. The van der Waals surface area contributed by atoms with Crippen molar-refractivity contribution in [3.63, 3.8) is 0 Å². The molecule has 3 aromatic rings. The summed E-state index contributed by atoms with van der Waals surface area (Å²) in [5, 5.41) is 15.1. The van der Waals surface area contributed by atoms with Gasteiger partial charge in [-0.3, -0.25) is 4.79 Å². The van der Waals surface area contributed by atoms with Crippen molar-refractivity contribution in [2.24, 2.45) is 0 Å². The molecule has 2 heterocycles. The van der Waals surface area contributed by atoms with Gasteiger partial charge in [0.05, 0.1) is 0 Å². The summed E-state index contributed by atoms with van der Waals surface area (Å²) >= 11 is 1.22. The average Bonchev–Trinajstić information content (AvgIpc) is 3.01. The second-order valence-corrected chi connectivity index (χ2v) is 5.34. The lowest BCUT2D eigenvalue weighted by Crippen LogP contribution is -2.14. The van der Waals surface area contributed by atoms with Gasteiger partial charge < -0.3 is 5.32 Å². The van der Waals surface area contributed by atoms with Crippen LogP contribution in [-0.4, -0.2) is 25.7 Å². The molecule has 0 saturated heterocycles. The number of anilines is 1. The van der Waals surface area contributed by atoms with E-state index in [9.17, 15) is 4.79 Å². The lowest BCUT2D eigenvalue weighted by molar-refractivity contribution is 0.102. The summed E-state index contributed by atoms with van der Waals surface area (Å²) in [4.78, 5) is 12.9. The molecule has 1 aromatic carbocycles. The van der Waals surface area contributed by atoms with Gasteiger partial charge in [0, 0.05) is 5.69 Å². The van der Waals surface area contributed by atoms with Crippen molar-refractivity contribution in [2.75, 3.05) is 5.32 Å². The van der Waals surface area contributed by atoms with Crippen LogP contribution in [0.15, 0.2) is 24.5 Å². The summed E-state index contributed by atoms with van der Waals surface area (Å²) < 4.78 is 1.50. The Morgan fingerprint density at radius 3 is 3.05 bits per heavy atom. The van der Waals surface area contributed by atoms with Gasteiger partial charge in [-0.2, -0.15) is 4.52 Å². The molecule has 0 atom stereocenters. The maximum absolute atomic E-state index is 12.3. The number of carbonyl (C=O) groups excluding carboxylic acids is 1. The molecule has 0 saturated carbocycles. The highest BCUT2D eigenvalue weighted by atomic mass is 32.1. The Kier molecular flexibility index (Phi) is 3.19. The van der Waals surface area contributed by atoms with E-state index in [0.29, 0.717) is 9.97 Å². The molecule has 2 aromatic heterocycles. The summed E-state index contributed by atoms with van der Waals surface area (Å²) in [6, 6.07) is 5.99. The third-order valence-corrected chi connectivity index (χ3v) is 3.97. The van der Waals surface area contributed by atoms with E-state index in [1.54, 1.807) is 0 Å². The summed E-state index contributed by atoms with van der Waals surface area (Å²) in [6.45, 7) is 4.04. The van der Waals surface area contributed by atoms with Crippen LogP contribution in [0.25, 0.3) is 4.96 Å². The molecule has 102 valence electrons. The third-order valence-electron chi connectivity index (χ3n) is 3.06. The first kappa shape index (κ1) is 12.7. The number of aryl methyl sites for hydroxylation is 2. The van der Waals surface area contributed by atoms with Gasteiger partial charge in [0.1, 0.15) is 6.33 Å². The zero-order valence-corrected chi connectivity index (χ0v) is 11.9. The molecule has 7 heteroatoms. The van der Waals surface area contributed by atoms with Crippen LogP contribution in [0.1, 0.15) is 27.9 Å². The summed E-state index contributed by atoms with van der Waals surface area (Å²) in [7, 11) is 0. The molecule has 0 aliphatic heterocycles. The number of amides is 1. The SMILES string of the molecule is CCc1cccc(C)c1NC(=O)c1nn2cnnc2s1. The number of rotatable bonds is 3. The fourth-order valence-electron chi connectivity index (χ4n) is 2.02. The highest BCUT2D eigenvalue weighted by Crippen LogP contribution is 2.22. The molecular formula is C13H13N5OS. The minimum atomic E-state index is -0.218. The van der Waals surface area contributed by atoms with Crippen LogP contribution in [0.5, 0.6) is 0 Å². The number of fused-ring (bicyclic) bond motifs is 1. The second-order valence-electron chi connectivity index (χ2n) is 4.38. The standard InChI is InChI=1S/C13H13N5OS/c1-3-9-6-4-5-8(2)10(9)15-11(19)12-17-18-7-14-16-13(18)20-12/h4-7H,3H2,1-2H3,(H,15,19). The molecule has 0 aliphatic carbocycles. The Morgan fingerprint density at radius 2 is 2.30 bits per heavy atom. The summed E-state index contributed by atoms with van der Waals surface area (Å²) in [5.41, 5.74) is 3.02. The van der Waals surface area contributed by atoms with E-state index in [0.717, 1.165) is 23.2 Å². The molecular weight excluding hydrogens is 274 g/mol. The lowest BCUT2D eigenvalue weighted by Gasteiger charge is -2.11. The number of benzene rings is 1. The Balaban J connectivity index is 1.91. The van der Waals surface area contributed by atoms with Crippen LogP contribution < -0.4 is 5.32 Å². The minimum Gasteiger partial charge on any atom is -0.319 e. The normalized spacial score (nSPS) is 10.9. The third kappa shape index (κ3) is 2.16. The zero-order valence-electron chi connectivity index (χ0n) is 11.1. The van der Waals surface area contributed by atoms with Gasteiger partial charge in [-0.25, -0.2) is 0 Å². The molecule has 1 amide bonds. The Bertz CT molecular complexity index is 748. The maximum Gasteiger partial charge on any atom is 0.286 e. The Hall–Kier alpha value is -2.28. The van der Waals surface area contributed by atoms with Gasteiger partial charge in [0.15, 0.2) is 0 Å². The van der Waals surface area contributed by atoms with E-state index < -0.39 is 0 Å². The first-order valence-corrected chi connectivity index (χ1v) is 7.07. The predicted octanol–water partition coefficient (Wildman–Crippen LogP) is 2.31. The van der Waals surface area contributed by atoms with E-state index in [4.69, 9.17) is 0 Å². The van der Waals surface area contributed by atoms with Crippen molar-refractivity contribution >= 4 is 27.9 Å². The second kappa shape index (κ2) is 5.01. The largest absolute Gasteiger partial charge is 0.319 e. The molecule has 6 nitrogen and oxygen atoms in total. The van der Waals surface area contributed by atoms with Crippen LogP contribution in [-0.2, 0) is 6.42 Å². The molecule has 0 radical (unpaired) electrons. The van der Waals surface area contributed by atoms with Crippen LogP contribution in [0.2, 0.25) is 0 Å². The molecule has 3 rings (SSSR count). The monoisotopic (exact) mass is 287 g/mol. The van der Waals surface area contributed by atoms with E-state index in [1.165, 1.54) is 22.2 Å². The number of aromatic nitrogens is 4. The Morgan fingerprint density at radius 1 is 1.45 bits per heavy atom. The van der Waals surface area contributed by atoms with Crippen LogP contribution in [0.4, 0.5) is 5.69 Å². The fourth-order valence-corrected chi connectivity index (χ4v) is 2.74. The van der Waals surface area contributed by atoms with Gasteiger partial charge in [-0.05, 0) is 24.5 Å². The number of para-hydroxylation sites is 1. The Labute approximate surface area is 119 Å². The summed E-state index contributed by atoms with van der Waals surface area (Å²) in [6.07, 6.45) is 2.34. The molecule has 0 fully saturated rings. The first-order valence-electron chi connectivity index (χ1n) is 6.25. The lowest BCUT2D eigenvalue weighted by atomic mass is 10.1. The van der Waals surface area contributed by atoms with Crippen LogP contribution in [0.3, 0.4) is 0 Å². The average molecular weight is 287 g/mol. The van der Waals surface area contributed by atoms with Crippen LogP contribution in [0, 0.1) is 6.92 Å².